The van der Waals surface area contributed by atoms with Crippen molar-refractivity contribution in [3.8, 4) is 17.2 Å². The third-order valence-electron chi connectivity index (χ3n) is 8.58. The molecule has 1 aliphatic rings. The summed E-state index contributed by atoms with van der Waals surface area (Å²) in [4.78, 5) is 26.8. The molecule has 0 spiro atoms. The van der Waals surface area contributed by atoms with Gasteiger partial charge in [-0.05, 0) is 56.7 Å². The van der Waals surface area contributed by atoms with Crippen LogP contribution in [0.1, 0.15) is 39.7 Å². The van der Waals surface area contributed by atoms with E-state index in [9.17, 15) is 13.4 Å². The Kier molecular flexibility index (Phi) is 15.9. The Balaban J connectivity index is 0.000000240. The van der Waals surface area contributed by atoms with Gasteiger partial charge in [0.25, 0.3) is 5.91 Å². The summed E-state index contributed by atoms with van der Waals surface area (Å²) in [5.74, 6) is 1.64. The number of nitrogens with one attached hydrogen (secondary N) is 2. The van der Waals surface area contributed by atoms with Crippen molar-refractivity contribution in [3.05, 3.63) is 99.6 Å². The molecule has 0 saturated carbocycles. The summed E-state index contributed by atoms with van der Waals surface area (Å²) < 4.78 is 47.6. The van der Waals surface area contributed by atoms with Crippen molar-refractivity contribution in [2.24, 2.45) is 0 Å². The van der Waals surface area contributed by atoms with Gasteiger partial charge in [-0.25, -0.2) is 9.37 Å². The number of benzene rings is 3. The number of nitrogens with two attached hydrogens (primary N) is 1. The monoisotopic (exact) mass is 790 g/mol. The van der Waals surface area contributed by atoms with E-state index in [-0.39, 0.29) is 46.6 Å². The summed E-state index contributed by atoms with van der Waals surface area (Å²) in [5.41, 5.74) is 11.7. The molecule has 3 aromatic carbocycles. The number of imidazole rings is 1. The lowest BCUT2D eigenvalue weighted by Gasteiger charge is -2.33. The Hall–Kier alpha value is -3.99. The lowest BCUT2D eigenvalue weighted by molar-refractivity contribution is -0.0292. The van der Waals surface area contributed by atoms with E-state index in [4.69, 9.17) is 36.3 Å². The van der Waals surface area contributed by atoms with E-state index in [0.717, 1.165) is 51.5 Å². The SMILES string of the molecule is CCOc1cc(N)c(Cl)cc1C(=O)NCC1CN(Cc2ccc(F)cc2)CCO1.COc1ccc2nc(S(=O)Cc3ncc(C)c(OC)c3C)[nH]c2c1.[Mg]. The summed E-state index contributed by atoms with van der Waals surface area (Å²) in [6.45, 7) is 9.18. The number of aromatic nitrogens is 3. The molecule has 4 N–H and O–H groups in total. The number of ether oxygens (including phenoxy) is 4. The number of carbonyl (C=O) groups excluding carboxylic acids is 1. The smallest absolute Gasteiger partial charge is 0.255 e. The van der Waals surface area contributed by atoms with Crippen LogP contribution in [0, 0.1) is 19.7 Å². The maximum Gasteiger partial charge on any atom is 0.255 e. The number of hydrogen-bond donors (Lipinski definition) is 3. The second kappa shape index (κ2) is 20.1. The number of nitrogen functional groups attached to an aromatic ring is 1. The number of hydrogen-bond acceptors (Lipinski definition) is 10. The van der Waals surface area contributed by atoms with Crippen LogP contribution in [0.4, 0.5) is 10.1 Å². The number of H-pyrrole nitrogens is 1. The van der Waals surface area contributed by atoms with Crippen molar-refractivity contribution in [1.82, 2.24) is 25.2 Å². The fourth-order valence-electron chi connectivity index (χ4n) is 5.83. The Labute approximate surface area is 337 Å². The minimum atomic E-state index is -1.33. The van der Waals surface area contributed by atoms with Crippen LogP contribution in [0.3, 0.4) is 0 Å². The number of fused-ring (bicyclic) bond motifs is 1. The highest BCUT2D eigenvalue weighted by atomic mass is 35.5. The summed E-state index contributed by atoms with van der Waals surface area (Å²) >= 11 is 6.07. The van der Waals surface area contributed by atoms with Crippen molar-refractivity contribution >= 4 is 68.1 Å². The first-order valence-electron chi connectivity index (χ1n) is 17.0. The highest BCUT2D eigenvalue weighted by molar-refractivity contribution is 7.84. The van der Waals surface area contributed by atoms with E-state index in [0.29, 0.717) is 60.0 Å². The van der Waals surface area contributed by atoms with E-state index < -0.39 is 10.8 Å². The van der Waals surface area contributed by atoms with Gasteiger partial charge in [0.1, 0.15) is 23.1 Å². The molecule has 284 valence electrons. The van der Waals surface area contributed by atoms with E-state index in [2.05, 4.69) is 25.2 Å². The van der Waals surface area contributed by atoms with E-state index in [1.54, 1.807) is 38.6 Å². The van der Waals surface area contributed by atoms with Crippen LogP contribution in [-0.4, -0.2) is 106 Å². The second-order valence-electron chi connectivity index (χ2n) is 12.3. The lowest BCUT2D eigenvalue weighted by atomic mass is 10.1. The van der Waals surface area contributed by atoms with Gasteiger partial charge in [-0.3, -0.25) is 18.9 Å². The summed E-state index contributed by atoms with van der Waals surface area (Å²) in [5, 5.41) is 3.62. The van der Waals surface area contributed by atoms with Gasteiger partial charge in [0.2, 0.25) is 0 Å². The largest absolute Gasteiger partial charge is 0.497 e. The quantitative estimate of drug-likeness (QED) is 0.107. The Bertz CT molecular complexity index is 2070. The number of nitrogens with zero attached hydrogens (tertiary/aromatic N) is 3. The van der Waals surface area contributed by atoms with Gasteiger partial charge < -0.3 is 35.0 Å². The van der Waals surface area contributed by atoms with Crippen LogP contribution < -0.4 is 25.3 Å². The normalized spacial score (nSPS) is 14.7. The number of anilines is 1. The highest BCUT2D eigenvalue weighted by Gasteiger charge is 2.23. The van der Waals surface area contributed by atoms with Crippen LogP contribution in [-0.2, 0) is 27.8 Å². The first-order valence-corrected chi connectivity index (χ1v) is 18.7. The molecule has 1 saturated heterocycles. The highest BCUT2D eigenvalue weighted by Crippen LogP contribution is 2.29. The molecule has 2 radical (unpaired) electrons. The molecule has 6 rings (SSSR count). The van der Waals surface area contributed by atoms with Gasteiger partial charge in [-0.1, -0.05) is 23.7 Å². The summed E-state index contributed by atoms with van der Waals surface area (Å²) in [7, 11) is 1.91. The molecule has 5 aromatic rings. The number of aryl methyl sites for hydroxylation is 1. The third-order valence-corrected chi connectivity index (χ3v) is 10.1. The average Bonchev–Trinajstić information content (AvgIpc) is 3.59. The third kappa shape index (κ3) is 11.0. The number of pyridine rings is 1. The number of aromatic amines is 1. The standard InChI is InChI=1S/C21H25ClFN3O3.C17H19N3O3S.Mg/c1-2-28-20-10-19(24)18(22)9-17(20)21(27)25-11-16-13-26(7-8-29-16)12-14-3-5-15(23)6-4-14;1-10-8-18-15(11(2)16(10)23-4)9-24(21)17-19-13-6-5-12(22-3)7-14(13)20-17;/h3-6,9-10,16H,2,7-8,11-13,24H2,1H3,(H,25,27);5-8H,9H2,1-4H3,(H,19,20);. The molecule has 1 amide bonds. The molecule has 2 atom stereocenters. The lowest BCUT2D eigenvalue weighted by Crippen LogP contribution is -2.47. The van der Waals surface area contributed by atoms with Gasteiger partial charge in [0, 0.05) is 78.7 Å². The van der Waals surface area contributed by atoms with E-state index >= 15 is 0 Å². The Morgan fingerprint density at radius 2 is 1.91 bits per heavy atom. The van der Waals surface area contributed by atoms with Crippen LogP contribution in [0.15, 0.2) is 66.0 Å². The molecular weight excluding hydrogens is 747 g/mol. The molecule has 2 unspecified atom stereocenters. The van der Waals surface area contributed by atoms with Crippen molar-refractivity contribution in [1.29, 1.82) is 0 Å². The van der Waals surface area contributed by atoms with Crippen LogP contribution >= 0.6 is 11.6 Å². The molecule has 1 aliphatic heterocycles. The van der Waals surface area contributed by atoms with Crippen LogP contribution in [0.5, 0.6) is 17.2 Å². The summed E-state index contributed by atoms with van der Waals surface area (Å²) in [6.07, 6.45) is 1.59. The minimum Gasteiger partial charge on any atom is -0.497 e. The molecule has 1 fully saturated rings. The number of methoxy groups -OCH3 is 2. The van der Waals surface area contributed by atoms with Gasteiger partial charge in [0.15, 0.2) is 5.16 Å². The Morgan fingerprint density at radius 1 is 1.15 bits per heavy atom. The zero-order chi connectivity index (χ0) is 38.1. The molecule has 54 heavy (non-hydrogen) atoms. The molecule has 3 heterocycles. The molecule has 0 aliphatic carbocycles. The molecule has 0 bridgehead atoms. The van der Waals surface area contributed by atoms with Gasteiger partial charge in [-0.2, -0.15) is 0 Å². The van der Waals surface area contributed by atoms with Gasteiger partial charge >= 0.3 is 0 Å². The number of amides is 1. The van der Waals surface area contributed by atoms with Gasteiger partial charge in [-0.15, -0.1) is 0 Å². The zero-order valence-corrected chi connectivity index (χ0v) is 34.0. The minimum absolute atomic E-state index is 0. The second-order valence-corrected chi connectivity index (χ2v) is 14.1. The van der Waals surface area contributed by atoms with Gasteiger partial charge in [0.05, 0.1) is 83.1 Å². The maximum absolute atomic E-state index is 13.1. The first kappa shape index (κ1) is 42.7. The fourth-order valence-corrected chi connectivity index (χ4v) is 7.09. The maximum atomic E-state index is 13.1. The predicted octanol–water partition coefficient (Wildman–Crippen LogP) is 5.61. The van der Waals surface area contributed by atoms with E-state index in [1.165, 1.54) is 18.2 Å². The number of halogens is 2. The number of morpholine rings is 1. The molecular formula is C38H44ClFMgN6O6S. The van der Waals surface area contributed by atoms with Crippen molar-refractivity contribution in [2.45, 2.75) is 44.3 Å². The summed E-state index contributed by atoms with van der Waals surface area (Å²) in [6, 6.07) is 15.0. The first-order chi connectivity index (χ1) is 25.5. The Morgan fingerprint density at radius 3 is 2.61 bits per heavy atom. The number of rotatable bonds is 12. The molecule has 16 heteroatoms. The molecule has 12 nitrogen and oxygen atoms in total. The van der Waals surface area contributed by atoms with Crippen molar-refractivity contribution in [3.63, 3.8) is 0 Å². The van der Waals surface area contributed by atoms with Crippen LogP contribution in [0.25, 0.3) is 11.0 Å². The fraction of sp³-hybridized carbons (Fsp3) is 0.342. The zero-order valence-electron chi connectivity index (χ0n) is 31.0. The number of carbonyl (C=O) groups is 1. The van der Waals surface area contributed by atoms with E-state index in [1.807, 2.05) is 39.0 Å². The van der Waals surface area contributed by atoms with Crippen molar-refractivity contribution in [2.75, 3.05) is 52.8 Å². The average molecular weight is 792 g/mol. The molecule has 2 aromatic heterocycles. The van der Waals surface area contributed by atoms with Crippen molar-refractivity contribution < 1.29 is 32.3 Å². The van der Waals surface area contributed by atoms with Crippen LogP contribution in [0.2, 0.25) is 5.02 Å². The topological polar surface area (TPSA) is 154 Å². The predicted molar refractivity (Wildman–Crippen MR) is 210 cm³/mol.